The molecule has 0 heterocycles. The molecular formula is C13H15FO2. The number of esters is 1. The van der Waals surface area contributed by atoms with Crippen LogP contribution in [-0.4, -0.2) is 18.2 Å². The van der Waals surface area contributed by atoms with Crippen molar-refractivity contribution in [3.05, 3.63) is 35.9 Å². The normalized spacial score (nSPS) is 25.1. The van der Waals surface area contributed by atoms with Crippen molar-refractivity contribution in [1.29, 1.82) is 0 Å². The summed E-state index contributed by atoms with van der Waals surface area (Å²) < 4.78 is 18.6. The molecule has 1 saturated carbocycles. The first-order valence-corrected chi connectivity index (χ1v) is 5.67. The molecule has 0 amide bonds. The molecule has 16 heavy (non-hydrogen) atoms. The van der Waals surface area contributed by atoms with E-state index in [0.717, 1.165) is 12.8 Å². The van der Waals surface area contributed by atoms with Gasteiger partial charge in [-0.2, -0.15) is 0 Å². The molecule has 1 aliphatic carbocycles. The Balaban J connectivity index is 1.96. The molecule has 3 heteroatoms. The highest BCUT2D eigenvalue weighted by Gasteiger charge is 2.28. The number of rotatable bonds is 2. The van der Waals surface area contributed by atoms with E-state index in [4.69, 9.17) is 4.74 Å². The van der Waals surface area contributed by atoms with Gasteiger partial charge in [-0.3, -0.25) is 0 Å². The van der Waals surface area contributed by atoms with Crippen LogP contribution in [0.5, 0.6) is 0 Å². The monoisotopic (exact) mass is 222 g/mol. The van der Waals surface area contributed by atoms with Crippen molar-refractivity contribution in [2.75, 3.05) is 0 Å². The van der Waals surface area contributed by atoms with Gasteiger partial charge in [0, 0.05) is 0 Å². The van der Waals surface area contributed by atoms with Crippen LogP contribution in [0.3, 0.4) is 0 Å². The highest BCUT2D eigenvalue weighted by Crippen LogP contribution is 2.24. The zero-order valence-corrected chi connectivity index (χ0v) is 9.06. The van der Waals surface area contributed by atoms with E-state index in [-0.39, 0.29) is 0 Å². The van der Waals surface area contributed by atoms with Crippen LogP contribution < -0.4 is 0 Å². The fraction of sp³-hybridized carbons (Fsp3) is 0.462. The number of benzene rings is 1. The maximum Gasteiger partial charge on any atom is 0.338 e. The van der Waals surface area contributed by atoms with Crippen LogP contribution in [0.1, 0.15) is 36.0 Å². The summed E-state index contributed by atoms with van der Waals surface area (Å²) in [5, 5.41) is 0. The van der Waals surface area contributed by atoms with Gasteiger partial charge in [0.15, 0.2) is 0 Å². The largest absolute Gasteiger partial charge is 0.456 e. The van der Waals surface area contributed by atoms with Gasteiger partial charge in [-0.25, -0.2) is 9.18 Å². The number of halogens is 1. The van der Waals surface area contributed by atoms with Gasteiger partial charge in [-0.15, -0.1) is 0 Å². The highest BCUT2D eigenvalue weighted by atomic mass is 19.1. The summed E-state index contributed by atoms with van der Waals surface area (Å²) in [6.07, 6.45) is 1.42. The summed E-state index contributed by atoms with van der Waals surface area (Å²) in [5.41, 5.74) is 0.486. The molecule has 0 aliphatic heterocycles. The predicted octanol–water partition coefficient (Wildman–Crippen LogP) is 3.12. The molecule has 2 atom stereocenters. The molecular weight excluding hydrogens is 207 g/mol. The Morgan fingerprint density at radius 3 is 2.56 bits per heavy atom. The van der Waals surface area contributed by atoms with Crippen molar-refractivity contribution in [3.8, 4) is 0 Å². The molecule has 2 rings (SSSR count). The quantitative estimate of drug-likeness (QED) is 0.718. The molecule has 1 aliphatic rings. The molecule has 0 radical (unpaired) electrons. The van der Waals surface area contributed by atoms with Crippen molar-refractivity contribution in [3.63, 3.8) is 0 Å². The SMILES string of the molecule is O=C(OC1CCCCC1F)c1ccccc1. The van der Waals surface area contributed by atoms with Crippen LogP contribution in [0.25, 0.3) is 0 Å². The van der Waals surface area contributed by atoms with Gasteiger partial charge in [0.25, 0.3) is 0 Å². The zero-order valence-electron chi connectivity index (χ0n) is 9.06. The molecule has 1 fully saturated rings. The topological polar surface area (TPSA) is 26.3 Å². The lowest BCUT2D eigenvalue weighted by Gasteiger charge is -2.25. The van der Waals surface area contributed by atoms with E-state index < -0.39 is 18.2 Å². The number of alkyl halides is 1. The van der Waals surface area contributed by atoms with Gasteiger partial charge < -0.3 is 4.74 Å². The van der Waals surface area contributed by atoms with E-state index in [1.807, 2.05) is 6.07 Å². The molecule has 0 bridgehead atoms. The fourth-order valence-electron chi connectivity index (χ4n) is 1.96. The third-order valence-corrected chi connectivity index (χ3v) is 2.89. The summed E-state index contributed by atoms with van der Waals surface area (Å²) in [6.45, 7) is 0. The summed E-state index contributed by atoms with van der Waals surface area (Å²) >= 11 is 0. The van der Waals surface area contributed by atoms with Gasteiger partial charge in [0.05, 0.1) is 5.56 Å². The Morgan fingerprint density at radius 1 is 1.19 bits per heavy atom. The number of carbonyl (C=O) groups excluding carboxylic acids is 1. The van der Waals surface area contributed by atoms with Crippen molar-refractivity contribution in [2.24, 2.45) is 0 Å². The standard InChI is InChI=1S/C13H15FO2/c14-11-8-4-5-9-12(11)16-13(15)10-6-2-1-3-7-10/h1-3,6-7,11-12H,4-5,8-9H2. The first-order valence-electron chi connectivity index (χ1n) is 5.67. The average Bonchev–Trinajstić information content (AvgIpc) is 2.33. The van der Waals surface area contributed by atoms with Crippen molar-refractivity contribution < 1.29 is 13.9 Å². The summed E-state index contributed by atoms with van der Waals surface area (Å²) in [7, 11) is 0. The maximum absolute atomic E-state index is 13.4. The second-order valence-electron chi connectivity index (χ2n) is 4.11. The molecule has 0 spiro atoms. The minimum Gasteiger partial charge on any atom is -0.456 e. The van der Waals surface area contributed by atoms with Crippen molar-refractivity contribution >= 4 is 5.97 Å². The molecule has 2 nitrogen and oxygen atoms in total. The summed E-state index contributed by atoms with van der Waals surface area (Å²) in [4.78, 5) is 11.7. The van der Waals surface area contributed by atoms with Crippen LogP contribution in [-0.2, 0) is 4.74 Å². The number of hydrogen-bond acceptors (Lipinski definition) is 2. The molecule has 0 aromatic heterocycles. The Kier molecular flexibility index (Phi) is 3.54. The third kappa shape index (κ3) is 2.60. The van der Waals surface area contributed by atoms with Gasteiger partial charge in [0.1, 0.15) is 12.3 Å². The average molecular weight is 222 g/mol. The Morgan fingerprint density at radius 2 is 1.88 bits per heavy atom. The first kappa shape index (κ1) is 11.1. The van der Waals surface area contributed by atoms with Crippen LogP contribution in [0, 0.1) is 0 Å². The van der Waals surface area contributed by atoms with Crippen LogP contribution in [0.4, 0.5) is 4.39 Å². The Labute approximate surface area is 94.4 Å². The van der Waals surface area contributed by atoms with Crippen molar-refractivity contribution in [1.82, 2.24) is 0 Å². The van der Waals surface area contributed by atoms with E-state index in [1.54, 1.807) is 24.3 Å². The molecule has 0 N–H and O–H groups in total. The maximum atomic E-state index is 13.4. The van der Waals surface area contributed by atoms with Crippen LogP contribution >= 0.6 is 0 Å². The minimum absolute atomic E-state index is 0.421. The summed E-state index contributed by atoms with van der Waals surface area (Å²) in [5.74, 6) is -0.421. The minimum atomic E-state index is -0.999. The third-order valence-electron chi connectivity index (χ3n) is 2.89. The highest BCUT2D eigenvalue weighted by molar-refractivity contribution is 5.89. The zero-order chi connectivity index (χ0) is 11.4. The number of ether oxygens (including phenoxy) is 1. The number of hydrogen-bond donors (Lipinski definition) is 0. The Bertz CT molecular complexity index is 350. The number of carbonyl (C=O) groups is 1. The molecule has 2 unspecified atom stereocenters. The van der Waals surface area contributed by atoms with Gasteiger partial charge >= 0.3 is 5.97 Å². The van der Waals surface area contributed by atoms with Crippen molar-refractivity contribution in [2.45, 2.75) is 38.0 Å². The van der Waals surface area contributed by atoms with E-state index in [9.17, 15) is 9.18 Å². The lowest BCUT2D eigenvalue weighted by molar-refractivity contribution is -0.00787. The van der Waals surface area contributed by atoms with Gasteiger partial charge in [-0.05, 0) is 31.4 Å². The summed E-state index contributed by atoms with van der Waals surface area (Å²) in [6, 6.07) is 8.72. The van der Waals surface area contributed by atoms with Crippen LogP contribution in [0.15, 0.2) is 30.3 Å². The van der Waals surface area contributed by atoms with Gasteiger partial charge in [0.2, 0.25) is 0 Å². The molecule has 0 saturated heterocycles. The van der Waals surface area contributed by atoms with E-state index in [1.165, 1.54) is 0 Å². The smallest absolute Gasteiger partial charge is 0.338 e. The predicted molar refractivity (Wildman–Crippen MR) is 59.0 cm³/mol. The van der Waals surface area contributed by atoms with Gasteiger partial charge in [-0.1, -0.05) is 24.6 Å². The Hall–Kier alpha value is -1.38. The molecule has 1 aromatic rings. The van der Waals surface area contributed by atoms with E-state index >= 15 is 0 Å². The van der Waals surface area contributed by atoms with Crippen LogP contribution in [0.2, 0.25) is 0 Å². The second kappa shape index (κ2) is 5.10. The first-order chi connectivity index (χ1) is 7.77. The molecule has 86 valence electrons. The van der Waals surface area contributed by atoms with E-state index in [0.29, 0.717) is 18.4 Å². The lowest BCUT2D eigenvalue weighted by Crippen LogP contribution is -2.31. The lowest BCUT2D eigenvalue weighted by atomic mass is 9.96. The second-order valence-corrected chi connectivity index (χ2v) is 4.11. The molecule has 1 aromatic carbocycles. The fourth-order valence-corrected chi connectivity index (χ4v) is 1.96. The van der Waals surface area contributed by atoms with E-state index in [2.05, 4.69) is 0 Å².